The maximum absolute atomic E-state index is 13.3. The molecule has 0 spiro atoms. The average Bonchev–Trinajstić information content (AvgIpc) is 3.37. The minimum atomic E-state index is -0.500. The number of nitrogens with zero attached hydrogens (tertiary/aromatic N) is 1. The minimum Gasteiger partial charge on any atom is -0.494 e. The highest BCUT2D eigenvalue weighted by atomic mass is 32.2. The molecule has 3 aromatic carbocycles. The van der Waals surface area contributed by atoms with E-state index < -0.39 is 11.8 Å². The first-order valence-corrected chi connectivity index (χ1v) is 13.5. The lowest BCUT2D eigenvalue weighted by Crippen LogP contribution is -2.30. The Morgan fingerprint density at radius 3 is 2.42 bits per heavy atom. The maximum atomic E-state index is 13.3. The van der Waals surface area contributed by atoms with Crippen molar-refractivity contribution >= 4 is 47.1 Å². The normalized spacial score (nSPS) is 11.0. The van der Waals surface area contributed by atoms with Gasteiger partial charge in [0.1, 0.15) is 17.2 Å². The minimum absolute atomic E-state index is 0.0679. The van der Waals surface area contributed by atoms with Crippen LogP contribution in [0.5, 0.6) is 5.75 Å². The molecule has 40 heavy (non-hydrogen) atoms. The molecule has 0 aliphatic heterocycles. The van der Waals surface area contributed by atoms with Crippen LogP contribution in [0.1, 0.15) is 28.6 Å². The van der Waals surface area contributed by atoms with Crippen molar-refractivity contribution in [3.63, 3.8) is 0 Å². The Balaban J connectivity index is 1.46. The highest BCUT2D eigenvalue weighted by molar-refractivity contribution is 8.00. The van der Waals surface area contributed by atoms with Gasteiger partial charge in [-0.3, -0.25) is 14.4 Å². The van der Waals surface area contributed by atoms with Crippen LogP contribution >= 0.6 is 11.8 Å². The fourth-order valence-electron chi connectivity index (χ4n) is 3.55. The predicted octanol–water partition coefficient (Wildman–Crippen LogP) is 5.52. The molecule has 3 N–H and O–H groups in total. The number of carbonyl (C=O) groups excluding carboxylic acids is 3. The summed E-state index contributed by atoms with van der Waals surface area (Å²) in [5.74, 6) is 0.648. The molecule has 9 nitrogen and oxygen atoms in total. The van der Waals surface area contributed by atoms with Crippen LogP contribution in [0.25, 0.3) is 6.08 Å². The number of hydrogen-bond donors (Lipinski definition) is 3. The highest BCUT2D eigenvalue weighted by Crippen LogP contribution is 2.23. The first kappa shape index (κ1) is 28.2. The van der Waals surface area contributed by atoms with Gasteiger partial charge in [-0.1, -0.05) is 41.6 Å². The van der Waals surface area contributed by atoms with Gasteiger partial charge >= 0.3 is 0 Å². The van der Waals surface area contributed by atoms with E-state index >= 15 is 0 Å². The van der Waals surface area contributed by atoms with Gasteiger partial charge in [-0.25, -0.2) is 0 Å². The molecule has 1 aromatic heterocycles. The number of amides is 3. The molecular formula is C30H28N4O5S. The number of aryl methyl sites for hydroxylation is 1. The number of hydrogen-bond acceptors (Lipinski definition) is 7. The summed E-state index contributed by atoms with van der Waals surface area (Å²) in [7, 11) is 0. The lowest BCUT2D eigenvalue weighted by atomic mass is 10.1. The summed E-state index contributed by atoms with van der Waals surface area (Å²) in [6, 6.07) is 24.6. The van der Waals surface area contributed by atoms with Gasteiger partial charge in [0.05, 0.1) is 12.4 Å². The number of ether oxygens (including phenoxy) is 1. The Labute approximate surface area is 236 Å². The van der Waals surface area contributed by atoms with Crippen LogP contribution < -0.4 is 20.7 Å². The number of nitrogens with one attached hydrogen (secondary N) is 3. The fraction of sp³-hybridized carbons (Fsp3) is 0.133. The molecule has 4 rings (SSSR count). The van der Waals surface area contributed by atoms with E-state index in [0.717, 1.165) is 4.90 Å². The number of thioether (sulfide) groups is 1. The summed E-state index contributed by atoms with van der Waals surface area (Å²) in [6.45, 7) is 4.18. The Morgan fingerprint density at radius 1 is 0.950 bits per heavy atom. The zero-order valence-corrected chi connectivity index (χ0v) is 22.8. The third-order valence-electron chi connectivity index (χ3n) is 5.39. The van der Waals surface area contributed by atoms with Gasteiger partial charge < -0.3 is 25.2 Å². The molecule has 204 valence electrons. The van der Waals surface area contributed by atoms with Gasteiger partial charge in [-0.2, -0.15) is 0 Å². The van der Waals surface area contributed by atoms with Crippen molar-refractivity contribution in [3.05, 3.63) is 108 Å². The standard InChI is InChI=1S/C30H28N4O5S/c1-3-38-24-14-12-21(13-15-24)17-26(32-29(36)22-8-5-4-6-9-22)30(37)31-23-10-7-11-25(18-23)40-19-28(35)33-27-16-20(2)39-34-27/h4-18H,3,19H2,1-2H3,(H,31,37)(H,32,36)(H,33,34,35)/b26-17+. The molecule has 0 bridgehead atoms. The van der Waals surface area contributed by atoms with Crippen LogP contribution in [0.15, 0.2) is 100 Å². The van der Waals surface area contributed by atoms with Gasteiger partial charge in [0, 0.05) is 22.2 Å². The maximum Gasteiger partial charge on any atom is 0.272 e. The number of benzene rings is 3. The van der Waals surface area contributed by atoms with E-state index in [1.807, 2.05) is 19.1 Å². The molecule has 0 aliphatic rings. The highest BCUT2D eigenvalue weighted by Gasteiger charge is 2.16. The van der Waals surface area contributed by atoms with Crippen LogP contribution in [-0.2, 0) is 9.59 Å². The van der Waals surface area contributed by atoms with Crippen molar-refractivity contribution in [1.82, 2.24) is 10.5 Å². The summed E-state index contributed by atoms with van der Waals surface area (Å²) in [4.78, 5) is 39.2. The van der Waals surface area contributed by atoms with Crippen LogP contribution in [-0.4, -0.2) is 35.2 Å². The summed E-state index contributed by atoms with van der Waals surface area (Å²) < 4.78 is 10.4. The van der Waals surface area contributed by atoms with Gasteiger partial charge in [-0.05, 0) is 68.0 Å². The van der Waals surface area contributed by atoms with Crippen molar-refractivity contribution < 1.29 is 23.6 Å². The molecule has 3 amide bonds. The molecular weight excluding hydrogens is 528 g/mol. The van der Waals surface area contributed by atoms with Gasteiger partial charge in [0.2, 0.25) is 5.91 Å². The zero-order chi connectivity index (χ0) is 28.3. The van der Waals surface area contributed by atoms with E-state index in [4.69, 9.17) is 9.26 Å². The average molecular weight is 557 g/mol. The second-order valence-electron chi connectivity index (χ2n) is 8.52. The fourth-order valence-corrected chi connectivity index (χ4v) is 4.31. The van der Waals surface area contributed by atoms with Crippen LogP contribution in [0, 0.1) is 6.92 Å². The number of anilines is 2. The third kappa shape index (κ3) is 8.34. The van der Waals surface area contributed by atoms with Crippen molar-refractivity contribution in [1.29, 1.82) is 0 Å². The molecule has 0 fully saturated rings. The van der Waals surface area contributed by atoms with Crippen molar-refractivity contribution in [2.45, 2.75) is 18.7 Å². The Morgan fingerprint density at radius 2 is 1.73 bits per heavy atom. The lowest BCUT2D eigenvalue weighted by molar-refractivity contribution is -0.114. The van der Waals surface area contributed by atoms with Gasteiger partial charge in [0.15, 0.2) is 5.82 Å². The summed E-state index contributed by atoms with van der Waals surface area (Å²) in [6.07, 6.45) is 1.60. The second-order valence-corrected chi connectivity index (χ2v) is 9.57. The molecule has 4 aromatic rings. The number of rotatable bonds is 11. The van der Waals surface area contributed by atoms with Crippen LogP contribution in [0.3, 0.4) is 0 Å². The van der Waals surface area contributed by atoms with E-state index in [-0.39, 0.29) is 17.4 Å². The van der Waals surface area contributed by atoms with E-state index in [2.05, 4.69) is 21.1 Å². The Bertz CT molecular complexity index is 1500. The molecule has 0 radical (unpaired) electrons. The number of carbonyl (C=O) groups is 3. The largest absolute Gasteiger partial charge is 0.494 e. The van der Waals surface area contributed by atoms with E-state index in [1.54, 1.807) is 85.8 Å². The van der Waals surface area contributed by atoms with E-state index in [9.17, 15) is 14.4 Å². The molecule has 0 unspecified atom stereocenters. The SMILES string of the molecule is CCOc1ccc(/C=C(/NC(=O)c2ccccc2)C(=O)Nc2cccc(SCC(=O)Nc3cc(C)on3)c2)cc1. The summed E-state index contributed by atoms with van der Waals surface area (Å²) >= 11 is 1.30. The van der Waals surface area contributed by atoms with Gasteiger partial charge in [0.25, 0.3) is 11.8 Å². The first-order valence-electron chi connectivity index (χ1n) is 12.5. The van der Waals surface area contributed by atoms with Crippen molar-refractivity contribution in [2.24, 2.45) is 0 Å². The quantitative estimate of drug-likeness (QED) is 0.164. The van der Waals surface area contributed by atoms with Crippen LogP contribution in [0.2, 0.25) is 0 Å². The molecule has 10 heteroatoms. The molecule has 1 heterocycles. The van der Waals surface area contributed by atoms with Crippen molar-refractivity contribution in [3.8, 4) is 5.75 Å². The van der Waals surface area contributed by atoms with Crippen LogP contribution in [0.4, 0.5) is 11.5 Å². The molecule has 0 saturated carbocycles. The second kappa shape index (κ2) is 13.8. The number of aromatic nitrogens is 1. The smallest absolute Gasteiger partial charge is 0.272 e. The van der Waals surface area contributed by atoms with Gasteiger partial charge in [-0.15, -0.1) is 11.8 Å². The predicted molar refractivity (Wildman–Crippen MR) is 155 cm³/mol. The lowest BCUT2D eigenvalue weighted by Gasteiger charge is -2.12. The molecule has 0 aliphatic carbocycles. The van der Waals surface area contributed by atoms with E-state index in [1.165, 1.54) is 11.8 Å². The Kier molecular flexibility index (Phi) is 9.73. The summed E-state index contributed by atoms with van der Waals surface area (Å²) in [5, 5.41) is 12.0. The summed E-state index contributed by atoms with van der Waals surface area (Å²) in [5.41, 5.74) is 1.71. The zero-order valence-electron chi connectivity index (χ0n) is 22.0. The first-order chi connectivity index (χ1) is 19.4. The monoisotopic (exact) mass is 556 g/mol. The molecule has 0 atom stereocenters. The van der Waals surface area contributed by atoms with E-state index in [0.29, 0.717) is 40.7 Å². The Hall–Kier alpha value is -4.83. The molecule has 0 saturated heterocycles. The third-order valence-corrected chi connectivity index (χ3v) is 6.38. The van der Waals surface area contributed by atoms with Crippen molar-refractivity contribution in [2.75, 3.05) is 23.0 Å². The topological polar surface area (TPSA) is 123 Å².